The van der Waals surface area contributed by atoms with Crippen LogP contribution >= 0.6 is 23.1 Å². The highest BCUT2D eigenvalue weighted by Gasteiger charge is 2.23. The molecule has 0 aliphatic carbocycles. The highest BCUT2D eigenvalue weighted by atomic mass is 32.2. The van der Waals surface area contributed by atoms with Gasteiger partial charge in [0.05, 0.1) is 11.2 Å². The summed E-state index contributed by atoms with van der Waals surface area (Å²) in [6.07, 6.45) is 4.18. The number of hydrogen-bond donors (Lipinski definition) is 1. The topological polar surface area (TPSA) is 55.6 Å². The van der Waals surface area contributed by atoms with Crippen molar-refractivity contribution in [3.8, 4) is 0 Å². The fourth-order valence-electron chi connectivity index (χ4n) is 2.69. The Morgan fingerprint density at radius 2 is 2.27 bits per heavy atom. The number of piperidine rings is 1. The monoisotopic (exact) mass is 335 g/mol. The Hall–Kier alpha value is -1.18. The van der Waals surface area contributed by atoms with E-state index in [9.17, 15) is 0 Å². The Balaban J connectivity index is 1.77. The number of aromatic nitrogens is 4. The molecule has 0 aromatic carbocycles. The predicted molar refractivity (Wildman–Crippen MR) is 91.5 cm³/mol. The summed E-state index contributed by atoms with van der Waals surface area (Å²) in [5.74, 6) is 2.46. The molecule has 1 aliphatic rings. The molecule has 0 radical (unpaired) electrons. The van der Waals surface area contributed by atoms with Gasteiger partial charge < -0.3 is 9.88 Å². The molecule has 0 atom stereocenters. The van der Waals surface area contributed by atoms with Crippen molar-refractivity contribution in [1.29, 1.82) is 0 Å². The van der Waals surface area contributed by atoms with Gasteiger partial charge in [0.2, 0.25) is 0 Å². The molecule has 0 unspecified atom stereocenters. The number of allylic oxidation sites excluding steroid dienone is 1. The van der Waals surface area contributed by atoms with Gasteiger partial charge in [-0.25, -0.2) is 4.98 Å². The van der Waals surface area contributed by atoms with Crippen molar-refractivity contribution in [2.45, 2.75) is 43.1 Å². The lowest BCUT2D eigenvalue weighted by molar-refractivity contribution is 0.431. The van der Waals surface area contributed by atoms with Gasteiger partial charge >= 0.3 is 0 Å². The van der Waals surface area contributed by atoms with Crippen LogP contribution in [-0.2, 0) is 12.3 Å². The van der Waals surface area contributed by atoms with Crippen molar-refractivity contribution in [2.24, 2.45) is 0 Å². The maximum absolute atomic E-state index is 4.48. The second kappa shape index (κ2) is 7.39. The van der Waals surface area contributed by atoms with Crippen molar-refractivity contribution in [3.05, 3.63) is 34.6 Å². The van der Waals surface area contributed by atoms with Gasteiger partial charge in [0, 0.05) is 23.1 Å². The van der Waals surface area contributed by atoms with Crippen LogP contribution in [0.15, 0.2) is 23.3 Å². The first-order valence-electron chi connectivity index (χ1n) is 7.56. The van der Waals surface area contributed by atoms with E-state index >= 15 is 0 Å². The van der Waals surface area contributed by atoms with Gasteiger partial charge in [-0.3, -0.25) is 0 Å². The van der Waals surface area contributed by atoms with Crippen LogP contribution in [0.25, 0.3) is 0 Å². The number of thioether (sulfide) groups is 1. The van der Waals surface area contributed by atoms with Gasteiger partial charge in [0.25, 0.3) is 0 Å². The molecule has 118 valence electrons. The first kappa shape index (κ1) is 15.7. The molecule has 2 aromatic heterocycles. The minimum atomic E-state index is 0.504. The van der Waals surface area contributed by atoms with E-state index in [0.29, 0.717) is 5.92 Å². The largest absolute Gasteiger partial charge is 0.317 e. The van der Waals surface area contributed by atoms with E-state index in [-0.39, 0.29) is 0 Å². The third kappa shape index (κ3) is 3.42. The molecule has 1 saturated heterocycles. The third-order valence-electron chi connectivity index (χ3n) is 3.94. The first-order chi connectivity index (χ1) is 10.8. The first-order valence-corrected chi connectivity index (χ1v) is 9.42. The van der Waals surface area contributed by atoms with Crippen molar-refractivity contribution >= 4 is 23.1 Å². The molecular weight excluding hydrogens is 314 g/mol. The average Bonchev–Trinajstić information content (AvgIpc) is 3.13. The molecule has 3 heterocycles. The third-order valence-corrected chi connectivity index (χ3v) is 5.72. The zero-order valence-electron chi connectivity index (χ0n) is 12.8. The second-order valence-corrected chi connectivity index (χ2v) is 7.41. The predicted octanol–water partition coefficient (Wildman–Crippen LogP) is 2.99. The molecule has 0 bridgehead atoms. The van der Waals surface area contributed by atoms with Gasteiger partial charge in [0.15, 0.2) is 5.16 Å². The Morgan fingerprint density at radius 3 is 2.95 bits per heavy atom. The van der Waals surface area contributed by atoms with E-state index in [0.717, 1.165) is 54.9 Å². The quantitative estimate of drug-likeness (QED) is 0.650. The fraction of sp³-hybridized carbons (Fsp3) is 0.533. The SMILES string of the molecule is C=CCn1c(SCc2ncsc2C)nnc1C1CCNCC1. The van der Waals surface area contributed by atoms with Crippen LogP contribution in [0.1, 0.15) is 35.2 Å². The molecule has 7 heteroatoms. The summed E-state index contributed by atoms with van der Waals surface area (Å²) in [6, 6.07) is 0. The zero-order chi connectivity index (χ0) is 15.4. The van der Waals surface area contributed by atoms with Crippen molar-refractivity contribution < 1.29 is 0 Å². The molecule has 22 heavy (non-hydrogen) atoms. The Bertz CT molecular complexity index is 628. The van der Waals surface area contributed by atoms with E-state index in [1.807, 2.05) is 11.6 Å². The molecule has 0 saturated carbocycles. The lowest BCUT2D eigenvalue weighted by Crippen LogP contribution is -2.28. The number of aryl methyl sites for hydroxylation is 1. The zero-order valence-corrected chi connectivity index (χ0v) is 14.4. The Morgan fingerprint density at radius 1 is 1.45 bits per heavy atom. The van der Waals surface area contributed by atoms with Crippen LogP contribution in [0, 0.1) is 6.92 Å². The number of hydrogen-bond acceptors (Lipinski definition) is 6. The summed E-state index contributed by atoms with van der Waals surface area (Å²) in [7, 11) is 0. The molecule has 1 aliphatic heterocycles. The lowest BCUT2D eigenvalue weighted by atomic mass is 9.97. The van der Waals surface area contributed by atoms with E-state index in [2.05, 4.69) is 38.6 Å². The van der Waals surface area contributed by atoms with Crippen LogP contribution in [0.2, 0.25) is 0 Å². The van der Waals surface area contributed by atoms with Crippen molar-refractivity contribution in [1.82, 2.24) is 25.1 Å². The molecule has 0 amide bonds. The van der Waals surface area contributed by atoms with Gasteiger partial charge in [0.1, 0.15) is 5.82 Å². The highest BCUT2D eigenvalue weighted by molar-refractivity contribution is 7.98. The fourth-order valence-corrected chi connectivity index (χ4v) is 4.36. The van der Waals surface area contributed by atoms with Crippen LogP contribution in [0.5, 0.6) is 0 Å². The smallest absolute Gasteiger partial charge is 0.191 e. The molecule has 3 rings (SSSR count). The van der Waals surface area contributed by atoms with Crippen molar-refractivity contribution in [3.63, 3.8) is 0 Å². The molecule has 0 spiro atoms. The van der Waals surface area contributed by atoms with Gasteiger partial charge in [-0.05, 0) is 32.9 Å². The van der Waals surface area contributed by atoms with Gasteiger partial charge in [-0.1, -0.05) is 17.8 Å². The van der Waals surface area contributed by atoms with Crippen LogP contribution < -0.4 is 5.32 Å². The van der Waals surface area contributed by atoms with Crippen molar-refractivity contribution in [2.75, 3.05) is 13.1 Å². The van der Waals surface area contributed by atoms with E-state index in [1.54, 1.807) is 23.1 Å². The van der Waals surface area contributed by atoms with Crippen LogP contribution in [-0.4, -0.2) is 32.8 Å². The van der Waals surface area contributed by atoms with Gasteiger partial charge in [-0.15, -0.1) is 28.1 Å². The molecule has 5 nitrogen and oxygen atoms in total. The second-order valence-electron chi connectivity index (χ2n) is 5.41. The Labute approximate surface area is 139 Å². The number of rotatable bonds is 6. The number of nitrogens with one attached hydrogen (secondary N) is 1. The summed E-state index contributed by atoms with van der Waals surface area (Å²) in [5, 5.41) is 13.3. The van der Waals surface area contributed by atoms with E-state index < -0.39 is 0 Å². The summed E-state index contributed by atoms with van der Waals surface area (Å²) in [4.78, 5) is 5.69. The van der Waals surface area contributed by atoms with E-state index in [4.69, 9.17) is 0 Å². The van der Waals surface area contributed by atoms with Gasteiger partial charge in [-0.2, -0.15) is 0 Å². The number of thiazole rings is 1. The highest BCUT2D eigenvalue weighted by Crippen LogP contribution is 2.29. The molecular formula is C15H21N5S2. The van der Waals surface area contributed by atoms with Crippen LogP contribution in [0.4, 0.5) is 0 Å². The normalized spacial score (nSPS) is 16.0. The summed E-state index contributed by atoms with van der Waals surface area (Å²) in [5.41, 5.74) is 3.05. The van der Waals surface area contributed by atoms with Crippen LogP contribution in [0.3, 0.4) is 0 Å². The Kier molecular flexibility index (Phi) is 5.28. The lowest BCUT2D eigenvalue weighted by Gasteiger charge is -2.22. The van der Waals surface area contributed by atoms with E-state index in [1.165, 1.54) is 4.88 Å². The molecule has 2 aromatic rings. The summed E-state index contributed by atoms with van der Waals surface area (Å²) < 4.78 is 2.22. The minimum absolute atomic E-state index is 0.504. The maximum atomic E-state index is 4.48. The summed E-state index contributed by atoms with van der Waals surface area (Å²) >= 11 is 3.41. The maximum Gasteiger partial charge on any atom is 0.191 e. The number of nitrogens with zero attached hydrogens (tertiary/aromatic N) is 4. The molecule has 1 N–H and O–H groups in total. The minimum Gasteiger partial charge on any atom is -0.317 e. The average molecular weight is 336 g/mol. The standard InChI is InChI=1S/C15H21N5S2/c1-3-8-20-14(12-4-6-16-7-5-12)18-19-15(20)21-9-13-11(2)22-10-17-13/h3,10,12,16H,1,4-9H2,2H3. The summed E-state index contributed by atoms with van der Waals surface area (Å²) in [6.45, 7) is 8.88. The molecule has 1 fully saturated rings.